The highest BCUT2D eigenvalue weighted by Crippen LogP contribution is 2.34. The Morgan fingerprint density at radius 1 is 0.913 bits per heavy atom. The van der Waals surface area contributed by atoms with Crippen LogP contribution in [-0.2, 0) is 0 Å². The molecule has 0 spiro atoms. The van der Waals surface area contributed by atoms with Gasteiger partial charge in [0.15, 0.2) is 0 Å². The van der Waals surface area contributed by atoms with E-state index in [4.69, 9.17) is 13.9 Å². The molecule has 6 heteroatoms. The molecular formula is C17H14O6. The lowest BCUT2D eigenvalue weighted by molar-refractivity contribution is 0.408. The minimum Gasteiger partial charge on any atom is -0.508 e. The Morgan fingerprint density at radius 3 is 2.30 bits per heavy atom. The van der Waals surface area contributed by atoms with E-state index in [1.54, 1.807) is 6.07 Å². The average Bonchev–Trinajstić information content (AvgIpc) is 2.54. The standard InChI is InChI=1S/C17H14O6/c1-21-13-5-9(18)3-4-11(13)12-8-23-15-7-10(19)6-14(22-2)16(15)17(12)20/h3-8,18-19H,1-2H3. The van der Waals surface area contributed by atoms with Gasteiger partial charge in [0.1, 0.15) is 40.2 Å². The maximum atomic E-state index is 12.8. The number of fused-ring (bicyclic) bond motifs is 1. The van der Waals surface area contributed by atoms with E-state index in [2.05, 4.69) is 0 Å². The molecule has 23 heavy (non-hydrogen) atoms. The van der Waals surface area contributed by atoms with Crippen LogP contribution in [-0.4, -0.2) is 24.4 Å². The first-order chi connectivity index (χ1) is 11.0. The van der Waals surface area contributed by atoms with Gasteiger partial charge in [0.05, 0.1) is 19.8 Å². The third kappa shape index (κ3) is 2.44. The van der Waals surface area contributed by atoms with Crippen molar-refractivity contribution in [1.82, 2.24) is 0 Å². The molecule has 0 aliphatic rings. The SMILES string of the molecule is COc1cc(O)ccc1-c1coc2cc(O)cc(OC)c2c1=O. The zero-order valence-electron chi connectivity index (χ0n) is 12.5. The minimum absolute atomic E-state index is 0.0262. The monoisotopic (exact) mass is 314 g/mol. The number of benzene rings is 2. The number of aromatic hydroxyl groups is 2. The second kappa shape index (κ2) is 5.57. The van der Waals surface area contributed by atoms with Gasteiger partial charge in [0.25, 0.3) is 0 Å². The van der Waals surface area contributed by atoms with E-state index in [1.807, 2.05) is 0 Å². The maximum absolute atomic E-state index is 12.8. The highest BCUT2D eigenvalue weighted by Gasteiger charge is 2.17. The van der Waals surface area contributed by atoms with Crippen molar-refractivity contribution in [2.24, 2.45) is 0 Å². The van der Waals surface area contributed by atoms with Gasteiger partial charge in [-0.05, 0) is 12.1 Å². The number of hydrogen-bond donors (Lipinski definition) is 2. The topological polar surface area (TPSA) is 89.1 Å². The summed E-state index contributed by atoms with van der Waals surface area (Å²) < 4.78 is 15.8. The molecule has 3 rings (SSSR count). The van der Waals surface area contributed by atoms with E-state index in [0.29, 0.717) is 11.3 Å². The summed E-state index contributed by atoms with van der Waals surface area (Å²) in [5, 5.41) is 19.4. The number of ether oxygens (including phenoxy) is 2. The molecule has 0 aliphatic heterocycles. The van der Waals surface area contributed by atoms with Gasteiger partial charge in [-0.25, -0.2) is 0 Å². The molecule has 0 radical (unpaired) electrons. The molecule has 6 nitrogen and oxygen atoms in total. The smallest absolute Gasteiger partial charge is 0.204 e. The van der Waals surface area contributed by atoms with E-state index in [0.717, 1.165) is 0 Å². The summed E-state index contributed by atoms with van der Waals surface area (Å²) in [5.74, 6) is 0.522. The molecule has 0 atom stereocenters. The number of methoxy groups -OCH3 is 2. The van der Waals surface area contributed by atoms with Crippen molar-refractivity contribution < 1.29 is 24.1 Å². The third-order valence-corrected chi connectivity index (χ3v) is 3.52. The van der Waals surface area contributed by atoms with Gasteiger partial charge in [0, 0.05) is 23.8 Å². The van der Waals surface area contributed by atoms with Crippen LogP contribution in [0.3, 0.4) is 0 Å². The van der Waals surface area contributed by atoms with Crippen LogP contribution in [0.15, 0.2) is 45.8 Å². The van der Waals surface area contributed by atoms with Gasteiger partial charge in [-0.15, -0.1) is 0 Å². The van der Waals surface area contributed by atoms with Crippen molar-refractivity contribution in [2.45, 2.75) is 0 Å². The molecule has 0 saturated carbocycles. The summed E-state index contributed by atoms with van der Waals surface area (Å²) in [6.45, 7) is 0. The minimum atomic E-state index is -0.327. The summed E-state index contributed by atoms with van der Waals surface area (Å²) in [6, 6.07) is 7.12. The molecule has 1 aromatic heterocycles. The molecule has 2 N–H and O–H groups in total. The highest BCUT2D eigenvalue weighted by molar-refractivity contribution is 5.89. The fourth-order valence-electron chi connectivity index (χ4n) is 2.45. The first-order valence-corrected chi connectivity index (χ1v) is 6.75. The van der Waals surface area contributed by atoms with E-state index in [-0.39, 0.29) is 39.2 Å². The van der Waals surface area contributed by atoms with Crippen molar-refractivity contribution in [3.63, 3.8) is 0 Å². The van der Waals surface area contributed by atoms with Crippen LogP contribution in [0.1, 0.15) is 0 Å². The number of phenols is 2. The van der Waals surface area contributed by atoms with Crippen LogP contribution in [0, 0.1) is 0 Å². The summed E-state index contributed by atoms with van der Waals surface area (Å²) >= 11 is 0. The highest BCUT2D eigenvalue weighted by atomic mass is 16.5. The van der Waals surface area contributed by atoms with Gasteiger partial charge >= 0.3 is 0 Å². The largest absolute Gasteiger partial charge is 0.508 e. The van der Waals surface area contributed by atoms with Crippen molar-refractivity contribution in [1.29, 1.82) is 0 Å². The normalized spacial score (nSPS) is 10.7. The van der Waals surface area contributed by atoms with Crippen molar-refractivity contribution in [2.75, 3.05) is 14.2 Å². The third-order valence-electron chi connectivity index (χ3n) is 3.52. The Labute approximate surface area is 131 Å². The fourth-order valence-corrected chi connectivity index (χ4v) is 2.45. The van der Waals surface area contributed by atoms with Gasteiger partial charge in [-0.3, -0.25) is 4.79 Å². The van der Waals surface area contributed by atoms with E-state index < -0.39 is 0 Å². The average molecular weight is 314 g/mol. The van der Waals surface area contributed by atoms with Gasteiger partial charge in [0.2, 0.25) is 5.43 Å². The lowest BCUT2D eigenvalue weighted by Crippen LogP contribution is -2.07. The Kier molecular flexibility index (Phi) is 3.57. The van der Waals surface area contributed by atoms with Crippen LogP contribution in [0.4, 0.5) is 0 Å². The van der Waals surface area contributed by atoms with Crippen molar-refractivity contribution in [3.8, 4) is 34.1 Å². The number of hydrogen-bond acceptors (Lipinski definition) is 6. The van der Waals surface area contributed by atoms with E-state index >= 15 is 0 Å². The number of phenolic OH excluding ortho intramolecular Hbond substituents is 2. The van der Waals surface area contributed by atoms with Crippen LogP contribution < -0.4 is 14.9 Å². The molecule has 0 amide bonds. The maximum Gasteiger partial charge on any atom is 0.204 e. The van der Waals surface area contributed by atoms with Gasteiger partial charge in [-0.1, -0.05) is 0 Å². The second-order valence-electron chi connectivity index (χ2n) is 4.88. The Morgan fingerprint density at radius 2 is 1.61 bits per heavy atom. The quantitative estimate of drug-likeness (QED) is 0.772. The molecule has 1 heterocycles. The zero-order chi connectivity index (χ0) is 16.6. The predicted octanol–water partition coefficient (Wildman–Crippen LogP) is 2.89. The Hall–Kier alpha value is -3.15. The first-order valence-electron chi connectivity index (χ1n) is 6.75. The molecule has 0 fully saturated rings. The molecule has 0 aliphatic carbocycles. The van der Waals surface area contributed by atoms with Crippen molar-refractivity contribution >= 4 is 11.0 Å². The first kappa shape index (κ1) is 14.8. The molecule has 0 bridgehead atoms. The van der Waals surface area contributed by atoms with E-state index in [9.17, 15) is 15.0 Å². The van der Waals surface area contributed by atoms with Crippen LogP contribution in [0.2, 0.25) is 0 Å². The Bertz CT molecular complexity index is 942. The molecular weight excluding hydrogens is 300 g/mol. The van der Waals surface area contributed by atoms with Crippen LogP contribution >= 0.6 is 0 Å². The van der Waals surface area contributed by atoms with Gasteiger partial charge in [-0.2, -0.15) is 0 Å². The summed E-state index contributed by atoms with van der Waals surface area (Å²) in [6.07, 6.45) is 1.29. The van der Waals surface area contributed by atoms with Gasteiger partial charge < -0.3 is 24.1 Å². The lowest BCUT2D eigenvalue weighted by atomic mass is 10.0. The van der Waals surface area contributed by atoms with Crippen molar-refractivity contribution in [3.05, 3.63) is 46.8 Å². The Balaban J connectivity index is 2.35. The molecule has 0 saturated heterocycles. The van der Waals surface area contributed by atoms with Crippen LogP contribution in [0.5, 0.6) is 23.0 Å². The zero-order valence-corrected chi connectivity index (χ0v) is 12.5. The molecule has 0 unspecified atom stereocenters. The summed E-state index contributed by atoms with van der Waals surface area (Å²) in [5.41, 5.74) is 0.634. The second-order valence-corrected chi connectivity index (χ2v) is 4.88. The molecule has 118 valence electrons. The van der Waals surface area contributed by atoms with Crippen LogP contribution in [0.25, 0.3) is 22.1 Å². The molecule has 3 aromatic rings. The lowest BCUT2D eigenvalue weighted by Gasteiger charge is -2.10. The summed E-state index contributed by atoms with van der Waals surface area (Å²) in [4.78, 5) is 12.8. The van der Waals surface area contributed by atoms with E-state index in [1.165, 1.54) is 44.7 Å². The predicted molar refractivity (Wildman–Crippen MR) is 84.4 cm³/mol. The molecule has 2 aromatic carbocycles. The summed E-state index contributed by atoms with van der Waals surface area (Å²) in [7, 11) is 2.85. The fraction of sp³-hybridized carbons (Fsp3) is 0.118. The number of rotatable bonds is 3.